The molecule has 24 heavy (non-hydrogen) atoms. The molecule has 3 nitrogen and oxygen atoms in total. The second-order valence-corrected chi connectivity index (χ2v) is 5.31. The van der Waals surface area contributed by atoms with E-state index in [0.29, 0.717) is 5.56 Å². The molecular weight excluding hydrogens is 319 g/mol. The summed E-state index contributed by atoms with van der Waals surface area (Å²) in [6.45, 7) is 0. The minimum Gasteiger partial charge on any atom is -0.462 e. The Morgan fingerprint density at radius 1 is 1.04 bits per heavy atom. The van der Waals surface area contributed by atoms with E-state index in [1.54, 1.807) is 31.3 Å². The Balaban J connectivity index is 2.02. The zero-order valence-electron chi connectivity index (χ0n) is 12.7. The molecule has 2 aromatic rings. The number of benzene rings is 2. The first-order valence-corrected chi connectivity index (χ1v) is 7.27. The molecule has 0 spiro atoms. The van der Waals surface area contributed by atoms with Crippen molar-refractivity contribution in [2.45, 2.75) is 12.3 Å². The molecule has 1 aliphatic heterocycles. The van der Waals surface area contributed by atoms with Crippen LogP contribution in [0.5, 0.6) is 0 Å². The van der Waals surface area contributed by atoms with Crippen molar-refractivity contribution in [3.63, 3.8) is 0 Å². The number of ketones is 1. The second kappa shape index (κ2) is 6.03. The molecule has 1 N–H and O–H groups in total. The Morgan fingerprint density at radius 2 is 1.75 bits per heavy atom. The van der Waals surface area contributed by atoms with E-state index >= 15 is 0 Å². The van der Waals surface area contributed by atoms with Crippen LogP contribution in [0, 0.1) is 0 Å². The lowest BCUT2D eigenvalue weighted by atomic mass is 9.96. The SMILES string of the molecule is CNC1=C(c2cccc(C(F)(F)F)c2)C(=O)C(c2ccccc2)O1. The summed E-state index contributed by atoms with van der Waals surface area (Å²) in [5, 5.41) is 2.76. The molecule has 0 aliphatic carbocycles. The fourth-order valence-electron chi connectivity index (χ4n) is 2.63. The van der Waals surface area contributed by atoms with Crippen molar-refractivity contribution in [3.8, 4) is 0 Å². The number of Topliss-reactive ketones (excluding diaryl/α,β-unsaturated/α-hetero) is 1. The third kappa shape index (κ3) is 2.87. The van der Waals surface area contributed by atoms with Gasteiger partial charge in [0.05, 0.1) is 11.1 Å². The summed E-state index contributed by atoms with van der Waals surface area (Å²) in [4.78, 5) is 12.7. The quantitative estimate of drug-likeness (QED) is 0.925. The maximum atomic E-state index is 12.9. The molecule has 1 unspecified atom stereocenters. The van der Waals surface area contributed by atoms with E-state index < -0.39 is 17.8 Å². The Bertz CT molecular complexity index is 797. The largest absolute Gasteiger partial charge is 0.462 e. The van der Waals surface area contributed by atoms with Gasteiger partial charge in [0, 0.05) is 12.6 Å². The van der Waals surface area contributed by atoms with Gasteiger partial charge in [-0.15, -0.1) is 0 Å². The van der Waals surface area contributed by atoms with Gasteiger partial charge in [-0.05, 0) is 17.7 Å². The van der Waals surface area contributed by atoms with Crippen molar-refractivity contribution in [2.24, 2.45) is 0 Å². The average Bonchev–Trinajstić information content (AvgIpc) is 2.91. The molecule has 0 saturated carbocycles. The minimum absolute atomic E-state index is 0.123. The first kappa shape index (κ1) is 16.1. The first-order chi connectivity index (χ1) is 11.4. The summed E-state index contributed by atoms with van der Waals surface area (Å²) in [5.74, 6) is -0.196. The van der Waals surface area contributed by atoms with Gasteiger partial charge in [-0.25, -0.2) is 0 Å². The standard InChI is InChI=1S/C18H14F3NO2/c1-22-17-14(12-8-5-9-13(10-12)18(19,20)21)15(23)16(24-17)11-6-3-2-4-7-11/h2-10,16,22H,1H3. The summed E-state index contributed by atoms with van der Waals surface area (Å²) < 4.78 is 44.4. The molecule has 1 aliphatic rings. The van der Waals surface area contributed by atoms with E-state index in [9.17, 15) is 18.0 Å². The number of hydrogen-bond donors (Lipinski definition) is 1. The number of carbonyl (C=O) groups is 1. The molecule has 1 heterocycles. The molecule has 6 heteroatoms. The third-order valence-electron chi connectivity index (χ3n) is 3.76. The van der Waals surface area contributed by atoms with Crippen molar-refractivity contribution >= 4 is 11.4 Å². The molecule has 0 aromatic heterocycles. The zero-order chi connectivity index (χ0) is 17.3. The van der Waals surface area contributed by atoms with Crippen LogP contribution in [0.4, 0.5) is 13.2 Å². The molecule has 0 saturated heterocycles. The minimum atomic E-state index is -4.47. The van der Waals surface area contributed by atoms with Crippen molar-refractivity contribution in [1.82, 2.24) is 5.32 Å². The highest BCUT2D eigenvalue weighted by Crippen LogP contribution is 2.38. The molecule has 0 amide bonds. The van der Waals surface area contributed by atoms with Gasteiger partial charge in [0.15, 0.2) is 12.0 Å². The van der Waals surface area contributed by atoms with Crippen molar-refractivity contribution < 1.29 is 22.7 Å². The van der Waals surface area contributed by atoms with Gasteiger partial charge < -0.3 is 10.1 Å². The number of carbonyl (C=O) groups excluding carboxylic acids is 1. The molecule has 0 radical (unpaired) electrons. The van der Waals surface area contributed by atoms with E-state index in [1.165, 1.54) is 12.1 Å². The summed E-state index contributed by atoms with van der Waals surface area (Å²) >= 11 is 0. The fraction of sp³-hybridized carbons (Fsp3) is 0.167. The van der Waals surface area contributed by atoms with Gasteiger partial charge in [0.1, 0.15) is 0 Å². The van der Waals surface area contributed by atoms with Crippen LogP contribution in [0.2, 0.25) is 0 Å². The average molecular weight is 333 g/mol. The van der Waals surface area contributed by atoms with Crippen LogP contribution in [0.25, 0.3) is 5.57 Å². The number of alkyl halides is 3. The smallest absolute Gasteiger partial charge is 0.416 e. The van der Waals surface area contributed by atoms with Crippen LogP contribution in [0.1, 0.15) is 22.8 Å². The van der Waals surface area contributed by atoms with E-state index in [0.717, 1.165) is 12.1 Å². The van der Waals surface area contributed by atoms with Gasteiger partial charge in [0.2, 0.25) is 5.78 Å². The predicted octanol–water partition coefficient (Wildman–Crippen LogP) is 3.93. The Morgan fingerprint density at radius 3 is 2.38 bits per heavy atom. The third-order valence-corrected chi connectivity index (χ3v) is 3.76. The van der Waals surface area contributed by atoms with Crippen LogP contribution in [-0.4, -0.2) is 12.8 Å². The van der Waals surface area contributed by atoms with Crippen LogP contribution in [0.15, 0.2) is 60.5 Å². The lowest BCUT2D eigenvalue weighted by Crippen LogP contribution is -2.10. The predicted molar refractivity (Wildman–Crippen MR) is 82.7 cm³/mol. The zero-order valence-corrected chi connectivity index (χ0v) is 12.7. The molecule has 3 rings (SSSR count). The summed E-state index contributed by atoms with van der Waals surface area (Å²) in [6.07, 6.45) is -5.34. The molecule has 124 valence electrons. The Hall–Kier alpha value is -2.76. The van der Waals surface area contributed by atoms with Gasteiger partial charge in [0.25, 0.3) is 0 Å². The monoisotopic (exact) mass is 333 g/mol. The van der Waals surface area contributed by atoms with Gasteiger partial charge in [-0.1, -0.05) is 42.5 Å². The van der Waals surface area contributed by atoms with Crippen molar-refractivity contribution in [3.05, 3.63) is 77.2 Å². The van der Waals surface area contributed by atoms with Crippen molar-refractivity contribution in [1.29, 1.82) is 0 Å². The molecule has 2 aromatic carbocycles. The van der Waals surface area contributed by atoms with Crippen LogP contribution < -0.4 is 5.32 Å². The lowest BCUT2D eigenvalue weighted by molar-refractivity contribution is -0.137. The number of nitrogens with one attached hydrogen (secondary N) is 1. The van der Waals surface area contributed by atoms with Crippen LogP contribution in [0.3, 0.4) is 0 Å². The second-order valence-electron chi connectivity index (χ2n) is 5.31. The van der Waals surface area contributed by atoms with Gasteiger partial charge in [-0.3, -0.25) is 4.79 Å². The van der Waals surface area contributed by atoms with Gasteiger partial charge >= 0.3 is 6.18 Å². The fourth-order valence-corrected chi connectivity index (χ4v) is 2.63. The van der Waals surface area contributed by atoms with Gasteiger partial charge in [-0.2, -0.15) is 13.2 Å². The molecular formula is C18H14F3NO2. The highest BCUT2D eigenvalue weighted by molar-refractivity contribution is 6.25. The molecule has 0 fully saturated rings. The topological polar surface area (TPSA) is 38.3 Å². The summed E-state index contributed by atoms with van der Waals surface area (Å²) in [6, 6.07) is 13.5. The van der Waals surface area contributed by atoms with E-state index in [-0.39, 0.29) is 22.8 Å². The van der Waals surface area contributed by atoms with E-state index in [1.807, 2.05) is 6.07 Å². The van der Waals surface area contributed by atoms with E-state index in [2.05, 4.69) is 5.32 Å². The Labute approximate surface area is 136 Å². The highest BCUT2D eigenvalue weighted by atomic mass is 19.4. The maximum Gasteiger partial charge on any atom is 0.416 e. The number of ether oxygens (including phenoxy) is 1. The van der Waals surface area contributed by atoms with Crippen molar-refractivity contribution in [2.75, 3.05) is 7.05 Å². The number of halogens is 3. The normalized spacial score (nSPS) is 17.8. The first-order valence-electron chi connectivity index (χ1n) is 7.27. The number of rotatable bonds is 3. The summed E-state index contributed by atoms with van der Waals surface area (Å²) in [7, 11) is 1.56. The van der Waals surface area contributed by atoms with E-state index in [4.69, 9.17) is 4.74 Å². The summed E-state index contributed by atoms with van der Waals surface area (Å²) in [5.41, 5.74) is 0.145. The molecule has 0 bridgehead atoms. The maximum absolute atomic E-state index is 12.9. The molecule has 1 atom stereocenters. The number of hydrogen-bond acceptors (Lipinski definition) is 3. The highest BCUT2D eigenvalue weighted by Gasteiger charge is 2.38. The van der Waals surface area contributed by atoms with Crippen LogP contribution >= 0.6 is 0 Å². The Kier molecular flexibility index (Phi) is 4.05. The lowest BCUT2D eigenvalue weighted by Gasteiger charge is -2.11. The van der Waals surface area contributed by atoms with Crippen LogP contribution in [-0.2, 0) is 15.7 Å².